The van der Waals surface area contributed by atoms with Crippen LogP contribution < -0.4 is 5.32 Å². The Morgan fingerprint density at radius 3 is 2.68 bits per heavy atom. The van der Waals surface area contributed by atoms with Crippen molar-refractivity contribution in [3.63, 3.8) is 0 Å². The largest absolute Gasteiger partial charge is 0.377 e. The Morgan fingerprint density at radius 2 is 2.11 bits per heavy atom. The van der Waals surface area contributed by atoms with E-state index in [1.54, 1.807) is 0 Å². The van der Waals surface area contributed by atoms with Crippen molar-refractivity contribution >= 4 is 17.1 Å². The van der Waals surface area contributed by atoms with Crippen LogP contribution in [0.25, 0.3) is 0 Å². The average molecular weight is 267 g/mol. The van der Waals surface area contributed by atoms with Crippen LogP contribution in [0.5, 0.6) is 0 Å². The van der Waals surface area contributed by atoms with Gasteiger partial charge in [0.15, 0.2) is 0 Å². The summed E-state index contributed by atoms with van der Waals surface area (Å²) in [5.74, 6) is 0. The van der Waals surface area contributed by atoms with E-state index in [4.69, 9.17) is 4.74 Å². The number of hydrogen-bond acceptors (Lipinski definition) is 6. The zero-order chi connectivity index (χ0) is 13.8. The maximum Gasteiger partial charge on any atom is 0.299 e. The van der Waals surface area contributed by atoms with Crippen molar-refractivity contribution in [2.24, 2.45) is 0 Å². The fourth-order valence-corrected chi connectivity index (χ4v) is 1.96. The van der Waals surface area contributed by atoms with Crippen LogP contribution in [0.1, 0.15) is 12.8 Å². The Morgan fingerprint density at radius 1 is 1.32 bits per heavy atom. The molecule has 0 unspecified atom stereocenters. The molecule has 0 bridgehead atoms. The highest BCUT2D eigenvalue weighted by Gasteiger charge is 2.21. The summed E-state index contributed by atoms with van der Waals surface area (Å²) in [6.07, 6.45) is 1.93. The van der Waals surface area contributed by atoms with Gasteiger partial charge < -0.3 is 10.1 Å². The predicted molar refractivity (Wildman–Crippen MR) is 67.2 cm³/mol. The molecule has 0 aromatic heterocycles. The van der Waals surface area contributed by atoms with E-state index in [1.807, 2.05) is 0 Å². The van der Waals surface area contributed by atoms with Crippen molar-refractivity contribution in [2.45, 2.75) is 18.9 Å². The van der Waals surface area contributed by atoms with Crippen molar-refractivity contribution in [3.8, 4) is 0 Å². The highest BCUT2D eigenvalue weighted by atomic mass is 16.6. The van der Waals surface area contributed by atoms with E-state index in [1.165, 1.54) is 12.1 Å². The van der Waals surface area contributed by atoms with Crippen LogP contribution in [0.2, 0.25) is 0 Å². The highest BCUT2D eigenvalue weighted by molar-refractivity contribution is 5.65. The highest BCUT2D eigenvalue weighted by Crippen LogP contribution is 2.29. The number of non-ortho nitro benzene ring substituents is 1. The van der Waals surface area contributed by atoms with Crippen LogP contribution in [0.3, 0.4) is 0 Å². The van der Waals surface area contributed by atoms with Crippen molar-refractivity contribution < 1.29 is 14.6 Å². The Balaban J connectivity index is 2.14. The number of ether oxygens (including phenoxy) is 1. The van der Waals surface area contributed by atoms with Gasteiger partial charge in [-0.25, -0.2) is 0 Å². The number of benzene rings is 1. The fourth-order valence-electron chi connectivity index (χ4n) is 1.96. The molecular weight excluding hydrogens is 254 g/mol. The van der Waals surface area contributed by atoms with Crippen LogP contribution in [0.4, 0.5) is 17.1 Å². The molecule has 0 amide bonds. The number of nitro groups is 2. The summed E-state index contributed by atoms with van der Waals surface area (Å²) in [6.45, 7) is 1.16. The van der Waals surface area contributed by atoms with E-state index in [2.05, 4.69) is 5.32 Å². The smallest absolute Gasteiger partial charge is 0.299 e. The fraction of sp³-hybridized carbons (Fsp3) is 0.455. The molecule has 1 saturated heterocycles. The van der Waals surface area contributed by atoms with E-state index < -0.39 is 9.85 Å². The summed E-state index contributed by atoms with van der Waals surface area (Å²) in [4.78, 5) is 20.2. The van der Waals surface area contributed by atoms with Crippen molar-refractivity contribution in [1.29, 1.82) is 0 Å². The molecule has 0 radical (unpaired) electrons. The van der Waals surface area contributed by atoms with Gasteiger partial charge in [-0.3, -0.25) is 20.2 Å². The minimum Gasteiger partial charge on any atom is -0.377 e. The number of nitro benzene ring substituents is 2. The maximum atomic E-state index is 10.9. The van der Waals surface area contributed by atoms with E-state index in [-0.39, 0.29) is 23.2 Å². The second-order valence-corrected chi connectivity index (χ2v) is 4.23. The van der Waals surface area contributed by atoms with Crippen LogP contribution in [0, 0.1) is 20.2 Å². The number of hydrogen-bond donors (Lipinski definition) is 1. The molecular formula is C11H13N3O5. The summed E-state index contributed by atoms with van der Waals surface area (Å²) < 4.78 is 5.40. The number of rotatable bonds is 5. The SMILES string of the molecule is O=[N+]([O-])c1ccc(NC[C@H]2CCCO2)c([N+](=O)[O-])c1. The molecule has 1 aliphatic heterocycles. The summed E-state index contributed by atoms with van der Waals surface area (Å²) in [5.41, 5.74) is -0.326. The molecule has 2 rings (SSSR count). The molecule has 8 heteroatoms. The van der Waals surface area contributed by atoms with E-state index in [0.29, 0.717) is 13.2 Å². The summed E-state index contributed by atoms with van der Waals surface area (Å²) in [6, 6.07) is 3.55. The van der Waals surface area contributed by atoms with Gasteiger partial charge in [-0.2, -0.15) is 0 Å². The van der Waals surface area contributed by atoms with Crippen LogP contribution in [0.15, 0.2) is 18.2 Å². The second-order valence-electron chi connectivity index (χ2n) is 4.23. The molecule has 1 N–H and O–H groups in total. The Labute approximate surface area is 108 Å². The third-order valence-corrected chi connectivity index (χ3v) is 2.93. The average Bonchev–Trinajstić information content (AvgIpc) is 2.89. The summed E-state index contributed by atoms with van der Waals surface area (Å²) in [5, 5.41) is 24.4. The third kappa shape index (κ3) is 3.16. The van der Waals surface area contributed by atoms with Gasteiger partial charge in [0, 0.05) is 19.2 Å². The van der Waals surface area contributed by atoms with Gasteiger partial charge in [0.1, 0.15) is 5.69 Å². The topological polar surface area (TPSA) is 108 Å². The molecule has 1 atom stereocenters. The first kappa shape index (κ1) is 13.2. The number of nitrogens with one attached hydrogen (secondary N) is 1. The molecule has 1 heterocycles. The molecule has 0 saturated carbocycles. The lowest BCUT2D eigenvalue weighted by molar-refractivity contribution is -0.393. The summed E-state index contributed by atoms with van der Waals surface area (Å²) >= 11 is 0. The Hall–Kier alpha value is -2.22. The molecule has 0 aliphatic carbocycles. The van der Waals surface area contributed by atoms with Gasteiger partial charge >= 0.3 is 0 Å². The zero-order valence-electron chi connectivity index (χ0n) is 10.1. The third-order valence-electron chi connectivity index (χ3n) is 2.93. The molecule has 1 aromatic rings. The maximum absolute atomic E-state index is 10.9. The van der Waals surface area contributed by atoms with E-state index in [0.717, 1.165) is 18.9 Å². The van der Waals surface area contributed by atoms with Gasteiger partial charge in [0.05, 0.1) is 22.0 Å². The normalized spacial score (nSPS) is 18.2. The molecule has 1 aliphatic rings. The lowest BCUT2D eigenvalue weighted by Crippen LogP contribution is -2.18. The quantitative estimate of drug-likeness (QED) is 0.646. The monoisotopic (exact) mass is 267 g/mol. The molecule has 19 heavy (non-hydrogen) atoms. The van der Waals surface area contributed by atoms with Gasteiger partial charge in [-0.1, -0.05) is 0 Å². The molecule has 102 valence electrons. The molecule has 8 nitrogen and oxygen atoms in total. The zero-order valence-corrected chi connectivity index (χ0v) is 10.1. The van der Waals surface area contributed by atoms with Crippen LogP contribution >= 0.6 is 0 Å². The standard InChI is InChI=1S/C11H13N3O5/c15-13(16)8-3-4-10(11(6-8)14(17)18)12-7-9-2-1-5-19-9/h3-4,6,9,12H,1-2,5,7H2/t9-/m1/s1. The van der Waals surface area contributed by atoms with Crippen molar-refractivity contribution in [1.82, 2.24) is 0 Å². The lowest BCUT2D eigenvalue weighted by Gasteiger charge is -2.11. The Bertz CT molecular complexity index is 499. The lowest BCUT2D eigenvalue weighted by atomic mass is 10.2. The van der Waals surface area contributed by atoms with Crippen molar-refractivity contribution in [2.75, 3.05) is 18.5 Å². The predicted octanol–water partition coefficient (Wildman–Crippen LogP) is 2.09. The molecule has 1 fully saturated rings. The first-order chi connectivity index (χ1) is 9.08. The second kappa shape index (κ2) is 5.61. The van der Waals surface area contributed by atoms with E-state index >= 15 is 0 Å². The first-order valence-corrected chi connectivity index (χ1v) is 5.86. The molecule has 0 spiro atoms. The van der Waals surface area contributed by atoms with E-state index in [9.17, 15) is 20.2 Å². The molecule has 1 aromatic carbocycles. The summed E-state index contributed by atoms with van der Waals surface area (Å²) in [7, 11) is 0. The van der Waals surface area contributed by atoms with Crippen LogP contribution in [-0.2, 0) is 4.74 Å². The van der Waals surface area contributed by atoms with Gasteiger partial charge in [0.25, 0.3) is 11.4 Å². The minimum absolute atomic E-state index is 0.0368. The number of nitrogens with zero attached hydrogens (tertiary/aromatic N) is 2. The first-order valence-electron chi connectivity index (χ1n) is 5.86. The Kier molecular flexibility index (Phi) is 3.91. The number of anilines is 1. The van der Waals surface area contributed by atoms with Gasteiger partial charge in [-0.15, -0.1) is 0 Å². The van der Waals surface area contributed by atoms with Crippen LogP contribution in [-0.4, -0.2) is 29.1 Å². The van der Waals surface area contributed by atoms with Gasteiger partial charge in [-0.05, 0) is 18.9 Å². The van der Waals surface area contributed by atoms with Gasteiger partial charge in [0.2, 0.25) is 0 Å². The minimum atomic E-state index is -0.656. The van der Waals surface area contributed by atoms with Crippen molar-refractivity contribution in [3.05, 3.63) is 38.4 Å².